The van der Waals surface area contributed by atoms with Gasteiger partial charge in [-0.05, 0) is 31.5 Å². The van der Waals surface area contributed by atoms with E-state index in [9.17, 15) is 4.79 Å². The number of piperazine rings is 1. The second-order valence-corrected chi connectivity index (χ2v) is 7.44. The van der Waals surface area contributed by atoms with Gasteiger partial charge in [0.2, 0.25) is 5.91 Å². The molecule has 0 aliphatic carbocycles. The van der Waals surface area contributed by atoms with E-state index in [0.29, 0.717) is 5.91 Å². The van der Waals surface area contributed by atoms with Crippen molar-refractivity contribution in [3.05, 3.63) is 29.3 Å². The quantitative estimate of drug-likeness (QED) is 0.903. The van der Waals surface area contributed by atoms with E-state index in [1.165, 1.54) is 9.71 Å². The van der Waals surface area contributed by atoms with Crippen LogP contribution in [0.15, 0.2) is 24.3 Å². The van der Waals surface area contributed by atoms with E-state index in [2.05, 4.69) is 28.4 Å². The summed E-state index contributed by atoms with van der Waals surface area (Å²) in [5.41, 5.74) is 1.09. The summed E-state index contributed by atoms with van der Waals surface area (Å²) in [5.74, 6) is 0.294. The van der Waals surface area contributed by atoms with Crippen molar-refractivity contribution in [2.24, 2.45) is 0 Å². The van der Waals surface area contributed by atoms with Gasteiger partial charge in [0.15, 0.2) is 0 Å². The van der Waals surface area contributed by atoms with Gasteiger partial charge >= 0.3 is 0 Å². The van der Waals surface area contributed by atoms with Gasteiger partial charge in [-0.3, -0.25) is 9.69 Å². The number of nitrogens with one attached hydrogen (secondary N) is 1. The van der Waals surface area contributed by atoms with Crippen LogP contribution in [0, 0.1) is 0 Å². The lowest BCUT2D eigenvalue weighted by Gasteiger charge is -2.35. The average Bonchev–Trinajstić information content (AvgIpc) is 3.24. The molecule has 5 nitrogen and oxygen atoms in total. The molecule has 1 aromatic heterocycles. The van der Waals surface area contributed by atoms with Gasteiger partial charge in [0.1, 0.15) is 5.01 Å². The van der Waals surface area contributed by atoms with Crippen LogP contribution in [0.1, 0.15) is 17.8 Å². The Morgan fingerprint density at radius 2 is 2.04 bits per heavy atom. The van der Waals surface area contributed by atoms with Crippen LogP contribution in [0.5, 0.6) is 0 Å². The molecule has 1 N–H and O–H groups in total. The predicted molar refractivity (Wildman–Crippen MR) is 99.7 cm³/mol. The Morgan fingerprint density at radius 3 is 2.75 bits per heavy atom. The number of carbonyl (C=O) groups is 1. The van der Waals surface area contributed by atoms with Gasteiger partial charge < -0.3 is 10.2 Å². The van der Waals surface area contributed by atoms with Gasteiger partial charge in [0, 0.05) is 26.2 Å². The van der Waals surface area contributed by atoms with Gasteiger partial charge in [0.05, 0.1) is 22.8 Å². The summed E-state index contributed by atoms with van der Waals surface area (Å²) in [6.07, 6.45) is 2.11. The Balaban J connectivity index is 0.00000169. The molecule has 0 spiro atoms. The largest absolute Gasteiger partial charge is 0.339 e. The maximum absolute atomic E-state index is 12.4. The lowest BCUT2D eigenvalue weighted by Crippen LogP contribution is -2.52. The number of halogens is 1. The van der Waals surface area contributed by atoms with Crippen molar-refractivity contribution < 1.29 is 4.79 Å². The number of aromatic nitrogens is 1. The topological polar surface area (TPSA) is 48.5 Å². The van der Waals surface area contributed by atoms with Crippen LogP contribution in [-0.4, -0.2) is 59.5 Å². The van der Waals surface area contributed by atoms with Crippen LogP contribution < -0.4 is 5.32 Å². The summed E-state index contributed by atoms with van der Waals surface area (Å²) in [6.45, 7) is 5.42. The molecule has 1 unspecified atom stereocenters. The Morgan fingerprint density at radius 1 is 1.25 bits per heavy atom. The Bertz CT molecular complexity index is 660. The third-order valence-electron chi connectivity index (χ3n) is 4.74. The van der Waals surface area contributed by atoms with Crippen molar-refractivity contribution >= 4 is 39.9 Å². The molecular formula is C17H23ClN4OS. The van der Waals surface area contributed by atoms with E-state index < -0.39 is 0 Å². The minimum Gasteiger partial charge on any atom is -0.339 e. The maximum Gasteiger partial charge on any atom is 0.239 e. The number of carbonyl (C=O) groups excluding carboxylic acids is 1. The van der Waals surface area contributed by atoms with E-state index in [1.54, 1.807) is 11.3 Å². The highest BCUT2D eigenvalue weighted by Gasteiger charge is 2.29. The van der Waals surface area contributed by atoms with E-state index in [1.807, 2.05) is 11.0 Å². The van der Waals surface area contributed by atoms with Crippen LogP contribution >= 0.6 is 23.7 Å². The standard InChI is InChI=1S/C17H22N4OS.ClH/c22-17(14-5-3-7-18-14)21-10-8-20(9-11-21)12-16-19-13-4-1-2-6-15(13)23-16;/h1-2,4,6,14,18H,3,5,7-12H2;1H. The molecule has 0 saturated carbocycles. The molecule has 1 amide bonds. The van der Waals surface area contributed by atoms with Crippen LogP contribution in [0.25, 0.3) is 10.2 Å². The first-order valence-corrected chi connectivity index (χ1v) is 9.20. The molecule has 0 bridgehead atoms. The van der Waals surface area contributed by atoms with E-state index in [-0.39, 0.29) is 18.4 Å². The highest BCUT2D eigenvalue weighted by Crippen LogP contribution is 2.23. The number of thiazole rings is 1. The Labute approximate surface area is 152 Å². The monoisotopic (exact) mass is 366 g/mol. The van der Waals surface area contributed by atoms with Crippen molar-refractivity contribution in [1.29, 1.82) is 0 Å². The zero-order valence-corrected chi connectivity index (χ0v) is 15.2. The molecule has 2 aliphatic heterocycles. The van der Waals surface area contributed by atoms with Gasteiger partial charge in [-0.2, -0.15) is 0 Å². The van der Waals surface area contributed by atoms with Crippen LogP contribution in [-0.2, 0) is 11.3 Å². The van der Waals surface area contributed by atoms with Crippen molar-refractivity contribution in [3.63, 3.8) is 0 Å². The summed E-state index contributed by atoms with van der Waals surface area (Å²) in [6, 6.07) is 8.35. The number of fused-ring (bicyclic) bond motifs is 1. The molecule has 2 aliphatic rings. The SMILES string of the molecule is Cl.O=C(C1CCCN1)N1CCN(Cc2nc3ccccc3s2)CC1. The lowest BCUT2D eigenvalue weighted by molar-refractivity contribution is -0.134. The van der Waals surface area contributed by atoms with Crippen molar-refractivity contribution in [2.45, 2.75) is 25.4 Å². The minimum absolute atomic E-state index is 0. The first kappa shape index (κ1) is 17.6. The molecule has 0 radical (unpaired) electrons. The number of nitrogens with zero attached hydrogens (tertiary/aromatic N) is 3. The van der Waals surface area contributed by atoms with Crippen molar-refractivity contribution in [3.8, 4) is 0 Å². The summed E-state index contributed by atoms with van der Waals surface area (Å²) in [4.78, 5) is 21.6. The number of hydrogen-bond acceptors (Lipinski definition) is 5. The number of amides is 1. The molecule has 1 aromatic carbocycles. The van der Waals surface area contributed by atoms with E-state index >= 15 is 0 Å². The van der Waals surface area contributed by atoms with Crippen LogP contribution in [0.2, 0.25) is 0 Å². The second kappa shape index (κ2) is 7.78. The number of para-hydroxylation sites is 1. The Hall–Kier alpha value is -1.21. The molecule has 3 heterocycles. The average molecular weight is 367 g/mol. The van der Waals surface area contributed by atoms with Gasteiger partial charge in [-0.25, -0.2) is 4.98 Å². The normalized spacial score (nSPS) is 21.8. The third-order valence-corrected chi connectivity index (χ3v) is 5.76. The zero-order chi connectivity index (χ0) is 15.6. The number of hydrogen-bond donors (Lipinski definition) is 1. The molecule has 130 valence electrons. The molecule has 7 heteroatoms. The van der Waals surface area contributed by atoms with Gasteiger partial charge in [0.25, 0.3) is 0 Å². The van der Waals surface area contributed by atoms with Crippen LogP contribution in [0.4, 0.5) is 0 Å². The molecular weight excluding hydrogens is 344 g/mol. The van der Waals surface area contributed by atoms with Crippen molar-refractivity contribution in [2.75, 3.05) is 32.7 Å². The molecule has 24 heavy (non-hydrogen) atoms. The first-order valence-electron chi connectivity index (χ1n) is 8.38. The fourth-order valence-corrected chi connectivity index (χ4v) is 4.43. The smallest absolute Gasteiger partial charge is 0.239 e. The highest BCUT2D eigenvalue weighted by atomic mass is 35.5. The first-order chi connectivity index (χ1) is 11.3. The zero-order valence-electron chi connectivity index (χ0n) is 13.6. The van der Waals surface area contributed by atoms with E-state index in [0.717, 1.165) is 57.6 Å². The lowest BCUT2D eigenvalue weighted by atomic mass is 10.2. The minimum atomic E-state index is 0. The molecule has 2 fully saturated rings. The van der Waals surface area contributed by atoms with E-state index in [4.69, 9.17) is 4.98 Å². The van der Waals surface area contributed by atoms with Crippen molar-refractivity contribution in [1.82, 2.24) is 20.1 Å². The fraction of sp³-hybridized carbons (Fsp3) is 0.529. The summed E-state index contributed by atoms with van der Waals surface area (Å²) >= 11 is 1.78. The predicted octanol–water partition coefficient (Wildman–Crippen LogP) is 2.11. The second-order valence-electron chi connectivity index (χ2n) is 6.33. The van der Waals surface area contributed by atoms with Crippen LogP contribution in [0.3, 0.4) is 0 Å². The number of benzene rings is 1. The third kappa shape index (κ3) is 3.72. The summed E-state index contributed by atoms with van der Waals surface area (Å²) in [7, 11) is 0. The van der Waals surface area contributed by atoms with Gasteiger partial charge in [-0.1, -0.05) is 12.1 Å². The molecule has 2 saturated heterocycles. The molecule has 2 aromatic rings. The summed E-state index contributed by atoms with van der Waals surface area (Å²) in [5, 5.41) is 4.48. The fourth-order valence-electron chi connectivity index (χ4n) is 3.42. The number of rotatable bonds is 3. The molecule has 1 atom stereocenters. The highest BCUT2D eigenvalue weighted by molar-refractivity contribution is 7.18. The maximum atomic E-state index is 12.4. The molecule has 4 rings (SSSR count). The Kier molecular flexibility index (Phi) is 5.71. The summed E-state index contributed by atoms with van der Waals surface area (Å²) < 4.78 is 1.25. The van der Waals surface area contributed by atoms with Gasteiger partial charge in [-0.15, -0.1) is 23.7 Å².